The van der Waals surface area contributed by atoms with Crippen LogP contribution in [0.4, 0.5) is 0 Å². The van der Waals surface area contributed by atoms with Crippen molar-refractivity contribution in [1.82, 2.24) is 19.7 Å². The van der Waals surface area contributed by atoms with Gasteiger partial charge in [0.25, 0.3) is 0 Å². The van der Waals surface area contributed by atoms with E-state index in [1.54, 1.807) is 31.3 Å². The Labute approximate surface area is 172 Å². The Kier molecular flexibility index (Phi) is 7.83. The van der Waals surface area contributed by atoms with Crippen molar-refractivity contribution in [3.63, 3.8) is 0 Å². The lowest BCUT2D eigenvalue weighted by atomic mass is 9.96. The highest BCUT2D eigenvalue weighted by molar-refractivity contribution is 5.83. The Hall–Kier alpha value is -2.19. The summed E-state index contributed by atoms with van der Waals surface area (Å²) in [6.07, 6.45) is 3.67. The second-order valence-electron chi connectivity index (χ2n) is 7.76. The summed E-state index contributed by atoms with van der Waals surface area (Å²) in [5.41, 5.74) is 0.787. The molecule has 0 spiro atoms. The van der Waals surface area contributed by atoms with E-state index in [9.17, 15) is 9.59 Å². The quantitative estimate of drug-likeness (QED) is 0.644. The average molecular weight is 405 g/mol. The van der Waals surface area contributed by atoms with Crippen molar-refractivity contribution in [3.8, 4) is 5.75 Å². The molecule has 3 heterocycles. The average Bonchev–Trinajstić information content (AvgIpc) is 2.75. The molecule has 0 N–H and O–H groups in total. The molecule has 8 heteroatoms. The molecular formula is C21H32N4O4. The number of aromatic nitrogens is 1. The highest BCUT2D eigenvalue weighted by Gasteiger charge is 2.31. The van der Waals surface area contributed by atoms with Crippen LogP contribution in [0.3, 0.4) is 0 Å². The van der Waals surface area contributed by atoms with Gasteiger partial charge in [0, 0.05) is 58.5 Å². The van der Waals surface area contributed by atoms with Crippen molar-refractivity contribution in [1.29, 1.82) is 0 Å². The first-order chi connectivity index (χ1) is 14.1. The third kappa shape index (κ3) is 6.14. The van der Waals surface area contributed by atoms with Crippen LogP contribution in [0.15, 0.2) is 18.3 Å². The highest BCUT2D eigenvalue weighted by Crippen LogP contribution is 2.21. The molecule has 0 bridgehead atoms. The van der Waals surface area contributed by atoms with Gasteiger partial charge in [-0.05, 0) is 18.9 Å². The van der Waals surface area contributed by atoms with E-state index >= 15 is 0 Å². The minimum absolute atomic E-state index is 0.0697. The summed E-state index contributed by atoms with van der Waals surface area (Å²) in [4.78, 5) is 35.5. The molecule has 1 aromatic heterocycles. The molecule has 0 aliphatic carbocycles. The monoisotopic (exact) mass is 404 g/mol. The molecule has 1 aromatic rings. The van der Waals surface area contributed by atoms with Crippen LogP contribution in [0, 0.1) is 5.92 Å². The summed E-state index contributed by atoms with van der Waals surface area (Å²) in [5, 5.41) is 0. The van der Waals surface area contributed by atoms with Gasteiger partial charge < -0.3 is 19.3 Å². The Morgan fingerprint density at radius 3 is 2.90 bits per heavy atom. The summed E-state index contributed by atoms with van der Waals surface area (Å²) in [7, 11) is 3.41. The lowest BCUT2D eigenvalue weighted by Gasteiger charge is -2.34. The lowest BCUT2D eigenvalue weighted by Crippen LogP contribution is -2.47. The van der Waals surface area contributed by atoms with E-state index in [1.807, 2.05) is 11.0 Å². The van der Waals surface area contributed by atoms with Crippen LogP contribution in [-0.4, -0.2) is 91.6 Å². The molecule has 3 rings (SSSR count). The van der Waals surface area contributed by atoms with E-state index in [2.05, 4.69) is 9.88 Å². The molecule has 0 unspecified atom stereocenters. The summed E-state index contributed by atoms with van der Waals surface area (Å²) in [6.45, 7) is 6.10. The van der Waals surface area contributed by atoms with Gasteiger partial charge >= 0.3 is 0 Å². The number of ether oxygens (including phenoxy) is 2. The molecule has 8 nitrogen and oxygen atoms in total. The number of carbonyl (C=O) groups is 2. The van der Waals surface area contributed by atoms with E-state index in [-0.39, 0.29) is 17.7 Å². The van der Waals surface area contributed by atoms with Crippen molar-refractivity contribution in [2.75, 3.05) is 60.1 Å². The highest BCUT2D eigenvalue weighted by atomic mass is 16.5. The van der Waals surface area contributed by atoms with Gasteiger partial charge in [0.2, 0.25) is 11.8 Å². The second kappa shape index (κ2) is 10.5. The molecule has 29 heavy (non-hydrogen) atoms. The molecule has 0 aromatic carbocycles. The molecule has 0 radical (unpaired) electrons. The predicted octanol–water partition coefficient (Wildman–Crippen LogP) is 1.01. The SMILES string of the molecule is COc1ccnc(CN(C)C(=O)[C@H]2CCC(=O)N(CCCN3CCOCC3)C2)c1. The number of carbonyl (C=O) groups excluding carboxylic acids is 2. The number of rotatable bonds is 8. The number of likely N-dealkylation sites (tertiary alicyclic amines) is 1. The number of amides is 2. The van der Waals surface area contributed by atoms with Crippen LogP contribution >= 0.6 is 0 Å². The molecule has 2 fully saturated rings. The van der Waals surface area contributed by atoms with Gasteiger partial charge in [0.05, 0.1) is 38.5 Å². The van der Waals surface area contributed by atoms with Gasteiger partial charge in [0.15, 0.2) is 0 Å². The maximum atomic E-state index is 12.9. The molecule has 1 atom stereocenters. The fraction of sp³-hybridized carbons (Fsp3) is 0.667. The zero-order valence-corrected chi connectivity index (χ0v) is 17.5. The number of nitrogens with zero attached hydrogens (tertiary/aromatic N) is 4. The Morgan fingerprint density at radius 2 is 2.14 bits per heavy atom. The van der Waals surface area contributed by atoms with Crippen LogP contribution in [0.25, 0.3) is 0 Å². The van der Waals surface area contributed by atoms with Gasteiger partial charge in [-0.25, -0.2) is 0 Å². The maximum absolute atomic E-state index is 12.9. The number of piperidine rings is 1. The van der Waals surface area contributed by atoms with Crippen molar-refractivity contribution in [2.24, 2.45) is 5.92 Å². The summed E-state index contributed by atoms with van der Waals surface area (Å²) in [6, 6.07) is 3.62. The van der Waals surface area contributed by atoms with Gasteiger partial charge in [-0.15, -0.1) is 0 Å². The lowest BCUT2D eigenvalue weighted by molar-refractivity contribution is -0.142. The predicted molar refractivity (Wildman–Crippen MR) is 108 cm³/mol. The minimum atomic E-state index is -0.147. The number of hydrogen-bond donors (Lipinski definition) is 0. The molecule has 160 valence electrons. The van der Waals surface area contributed by atoms with Crippen LogP contribution in [0.1, 0.15) is 25.0 Å². The van der Waals surface area contributed by atoms with E-state index < -0.39 is 0 Å². The zero-order chi connectivity index (χ0) is 20.6. The van der Waals surface area contributed by atoms with E-state index in [1.165, 1.54) is 0 Å². The van der Waals surface area contributed by atoms with Gasteiger partial charge in [-0.3, -0.25) is 19.5 Å². The van der Waals surface area contributed by atoms with Crippen molar-refractivity contribution in [2.45, 2.75) is 25.8 Å². The van der Waals surface area contributed by atoms with Gasteiger partial charge in [0.1, 0.15) is 5.75 Å². The molecule has 0 saturated carbocycles. The molecule has 2 amide bonds. The largest absolute Gasteiger partial charge is 0.497 e. The van der Waals surface area contributed by atoms with E-state index in [0.717, 1.165) is 50.7 Å². The molecular weight excluding hydrogens is 372 g/mol. The number of morpholine rings is 1. The minimum Gasteiger partial charge on any atom is -0.497 e. The summed E-state index contributed by atoms with van der Waals surface area (Å²) >= 11 is 0. The summed E-state index contributed by atoms with van der Waals surface area (Å²) < 4.78 is 10.6. The topological polar surface area (TPSA) is 75.2 Å². The summed E-state index contributed by atoms with van der Waals surface area (Å²) in [5.74, 6) is 0.811. The smallest absolute Gasteiger partial charge is 0.227 e. The maximum Gasteiger partial charge on any atom is 0.227 e. The Balaban J connectivity index is 1.48. The van der Waals surface area contributed by atoms with E-state index in [4.69, 9.17) is 9.47 Å². The molecule has 2 aliphatic heterocycles. The first kappa shape index (κ1) is 21.5. The van der Waals surface area contributed by atoms with Crippen LogP contribution in [0.2, 0.25) is 0 Å². The van der Waals surface area contributed by atoms with Crippen molar-refractivity contribution < 1.29 is 19.1 Å². The third-order valence-electron chi connectivity index (χ3n) is 5.65. The van der Waals surface area contributed by atoms with Gasteiger partial charge in [-0.1, -0.05) is 0 Å². The number of pyridine rings is 1. The van der Waals surface area contributed by atoms with Crippen LogP contribution in [-0.2, 0) is 20.9 Å². The molecule has 2 aliphatic rings. The number of hydrogen-bond acceptors (Lipinski definition) is 6. The van der Waals surface area contributed by atoms with Crippen molar-refractivity contribution in [3.05, 3.63) is 24.0 Å². The van der Waals surface area contributed by atoms with Crippen molar-refractivity contribution >= 4 is 11.8 Å². The first-order valence-electron chi connectivity index (χ1n) is 10.4. The molecule has 2 saturated heterocycles. The van der Waals surface area contributed by atoms with Crippen LogP contribution in [0.5, 0.6) is 5.75 Å². The van der Waals surface area contributed by atoms with Crippen LogP contribution < -0.4 is 4.74 Å². The Morgan fingerprint density at radius 1 is 1.34 bits per heavy atom. The van der Waals surface area contributed by atoms with E-state index in [0.29, 0.717) is 32.5 Å². The fourth-order valence-corrected chi connectivity index (χ4v) is 3.94. The van der Waals surface area contributed by atoms with Gasteiger partial charge in [-0.2, -0.15) is 0 Å². The number of methoxy groups -OCH3 is 1. The standard InChI is InChI=1S/C21H32N4O4/c1-23(16-18-14-19(28-2)6-7-22-18)21(27)17-4-5-20(26)25(15-17)9-3-8-24-10-12-29-13-11-24/h6-7,14,17H,3-5,8-13,15-16H2,1-2H3/t17-/m0/s1. The Bertz CT molecular complexity index is 693. The zero-order valence-electron chi connectivity index (χ0n) is 17.5. The first-order valence-corrected chi connectivity index (χ1v) is 10.4. The fourth-order valence-electron chi connectivity index (χ4n) is 3.94. The normalized spacial score (nSPS) is 20.6. The third-order valence-corrected chi connectivity index (χ3v) is 5.65. The second-order valence-corrected chi connectivity index (χ2v) is 7.76.